The first-order chi connectivity index (χ1) is 8.70. The fourth-order valence-corrected chi connectivity index (χ4v) is 2.55. The minimum absolute atomic E-state index is 0.521. The molecule has 0 aromatic carbocycles. The molecule has 1 fully saturated rings. The van der Waals surface area contributed by atoms with Crippen molar-refractivity contribution in [3.63, 3.8) is 0 Å². The number of anilines is 1. The Hall–Kier alpha value is -1.09. The molecule has 1 aromatic rings. The van der Waals surface area contributed by atoms with Crippen molar-refractivity contribution in [3.05, 3.63) is 24.0 Å². The Morgan fingerprint density at radius 3 is 3.00 bits per heavy atom. The van der Waals surface area contributed by atoms with Gasteiger partial charge in [0, 0.05) is 31.9 Å². The third kappa shape index (κ3) is 3.22. The van der Waals surface area contributed by atoms with Crippen LogP contribution in [0.25, 0.3) is 0 Å². The topological polar surface area (TPSA) is 28.2 Å². The minimum Gasteiger partial charge on any atom is -0.370 e. The zero-order chi connectivity index (χ0) is 13.0. The van der Waals surface area contributed by atoms with E-state index < -0.39 is 0 Å². The van der Waals surface area contributed by atoms with Crippen molar-refractivity contribution < 1.29 is 0 Å². The van der Waals surface area contributed by atoms with Gasteiger partial charge in [0.15, 0.2) is 0 Å². The molecule has 0 radical (unpaired) electrons. The second-order valence-corrected chi connectivity index (χ2v) is 5.55. The van der Waals surface area contributed by atoms with Gasteiger partial charge in [-0.05, 0) is 24.0 Å². The summed E-state index contributed by atoms with van der Waals surface area (Å²) in [5.74, 6) is 0.858. The van der Waals surface area contributed by atoms with Gasteiger partial charge < -0.3 is 10.2 Å². The Bertz CT molecular complexity index is 376. The quantitative estimate of drug-likeness (QED) is 0.867. The average Bonchev–Trinajstić information content (AvgIpc) is 2.85. The van der Waals surface area contributed by atoms with Gasteiger partial charge in [0.2, 0.25) is 0 Å². The van der Waals surface area contributed by atoms with Crippen LogP contribution in [0.1, 0.15) is 39.2 Å². The van der Waals surface area contributed by atoms with Crippen LogP contribution in [0.3, 0.4) is 0 Å². The summed E-state index contributed by atoms with van der Waals surface area (Å²) in [5, 5.41) is 3.50. The Balaban J connectivity index is 2.07. The van der Waals surface area contributed by atoms with Crippen LogP contribution >= 0.6 is 0 Å². The van der Waals surface area contributed by atoms with Crippen molar-refractivity contribution >= 4 is 5.69 Å². The molecule has 100 valence electrons. The smallest absolute Gasteiger partial charge is 0.0598 e. The Morgan fingerprint density at radius 2 is 2.33 bits per heavy atom. The van der Waals surface area contributed by atoms with Crippen LogP contribution < -0.4 is 10.2 Å². The monoisotopic (exact) mass is 247 g/mol. The number of aromatic nitrogens is 1. The number of nitrogens with zero attached hydrogens (tertiary/aromatic N) is 2. The van der Waals surface area contributed by atoms with Gasteiger partial charge in [0.25, 0.3) is 0 Å². The first kappa shape index (κ1) is 13.3. The Labute approximate surface area is 111 Å². The highest BCUT2D eigenvalue weighted by Crippen LogP contribution is 2.27. The number of pyridine rings is 1. The molecule has 18 heavy (non-hydrogen) atoms. The second-order valence-electron chi connectivity index (χ2n) is 5.55. The molecule has 2 heterocycles. The Morgan fingerprint density at radius 1 is 1.50 bits per heavy atom. The van der Waals surface area contributed by atoms with Gasteiger partial charge >= 0.3 is 0 Å². The van der Waals surface area contributed by atoms with Crippen LogP contribution in [0.15, 0.2) is 18.5 Å². The lowest BCUT2D eigenvalue weighted by Gasteiger charge is -2.22. The van der Waals surface area contributed by atoms with Gasteiger partial charge in [-0.1, -0.05) is 27.2 Å². The summed E-state index contributed by atoms with van der Waals surface area (Å²) in [6, 6.07) is 2.66. The first-order valence-electron chi connectivity index (χ1n) is 7.12. The maximum absolute atomic E-state index is 4.30. The van der Waals surface area contributed by atoms with Crippen LogP contribution in [-0.2, 0) is 6.54 Å². The predicted octanol–water partition coefficient (Wildman–Crippen LogP) is 2.82. The maximum atomic E-state index is 4.30. The molecule has 1 N–H and O–H groups in total. The van der Waals surface area contributed by atoms with Gasteiger partial charge in [-0.3, -0.25) is 4.98 Å². The lowest BCUT2D eigenvalue weighted by atomic mass is 10.1. The highest BCUT2D eigenvalue weighted by Gasteiger charge is 2.22. The number of nitrogens with one attached hydrogen (secondary N) is 1. The van der Waals surface area contributed by atoms with Crippen LogP contribution in [-0.4, -0.2) is 24.1 Å². The molecule has 1 atom stereocenters. The van der Waals surface area contributed by atoms with E-state index in [1.807, 2.05) is 12.4 Å². The van der Waals surface area contributed by atoms with Crippen molar-refractivity contribution in [2.75, 3.05) is 18.0 Å². The van der Waals surface area contributed by atoms with E-state index in [9.17, 15) is 0 Å². The number of hydrogen-bond acceptors (Lipinski definition) is 3. The summed E-state index contributed by atoms with van der Waals surface area (Å²) in [4.78, 5) is 6.80. The van der Waals surface area contributed by atoms with Gasteiger partial charge in [-0.15, -0.1) is 0 Å². The lowest BCUT2D eigenvalue weighted by Crippen LogP contribution is -2.25. The van der Waals surface area contributed by atoms with E-state index in [4.69, 9.17) is 0 Å². The zero-order valence-corrected chi connectivity index (χ0v) is 11.8. The van der Waals surface area contributed by atoms with E-state index in [0.29, 0.717) is 6.04 Å². The molecule has 1 aliphatic rings. The molecular weight excluding hydrogens is 222 g/mol. The third-order valence-electron chi connectivity index (χ3n) is 3.79. The molecule has 2 rings (SSSR count). The molecule has 0 aliphatic carbocycles. The van der Waals surface area contributed by atoms with Gasteiger partial charge in [0.05, 0.1) is 11.9 Å². The molecule has 1 aliphatic heterocycles. The summed E-state index contributed by atoms with van der Waals surface area (Å²) in [5.41, 5.74) is 2.69. The minimum atomic E-state index is 0.521. The molecule has 0 saturated carbocycles. The van der Waals surface area contributed by atoms with Crippen molar-refractivity contribution in [1.82, 2.24) is 10.3 Å². The molecule has 3 nitrogen and oxygen atoms in total. The lowest BCUT2D eigenvalue weighted by molar-refractivity contribution is 0.568. The molecule has 0 spiro atoms. The SMILES string of the molecule is CCC1CCN(c2cnccc2CNC(C)C)C1. The first-order valence-corrected chi connectivity index (χ1v) is 7.12. The van der Waals surface area contributed by atoms with Gasteiger partial charge in [0.1, 0.15) is 0 Å². The predicted molar refractivity (Wildman–Crippen MR) is 76.8 cm³/mol. The van der Waals surface area contributed by atoms with Crippen molar-refractivity contribution in [2.24, 2.45) is 5.92 Å². The maximum Gasteiger partial charge on any atom is 0.0598 e. The van der Waals surface area contributed by atoms with E-state index in [1.54, 1.807) is 0 Å². The number of rotatable bonds is 5. The summed E-state index contributed by atoms with van der Waals surface area (Å²) in [6.45, 7) is 9.96. The number of hydrogen-bond donors (Lipinski definition) is 1. The fraction of sp³-hybridized carbons (Fsp3) is 0.667. The standard InChI is InChI=1S/C15H25N3/c1-4-13-6-8-18(11-13)15-10-16-7-5-14(15)9-17-12(2)3/h5,7,10,12-13,17H,4,6,8-9,11H2,1-3H3. The van der Waals surface area contributed by atoms with Crippen molar-refractivity contribution in [3.8, 4) is 0 Å². The van der Waals surface area contributed by atoms with Crippen LogP contribution in [0.4, 0.5) is 5.69 Å². The van der Waals surface area contributed by atoms with Crippen LogP contribution in [0.5, 0.6) is 0 Å². The van der Waals surface area contributed by atoms with E-state index in [0.717, 1.165) is 12.5 Å². The molecule has 1 aromatic heterocycles. The summed E-state index contributed by atoms with van der Waals surface area (Å²) < 4.78 is 0. The zero-order valence-electron chi connectivity index (χ0n) is 11.8. The summed E-state index contributed by atoms with van der Waals surface area (Å²) in [7, 11) is 0. The molecule has 0 bridgehead atoms. The summed E-state index contributed by atoms with van der Waals surface area (Å²) in [6.07, 6.45) is 6.53. The molecular formula is C15H25N3. The molecule has 1 saturated heterocycles. The highest BCUT2D eigenvalue weighted by molar-refractivity contribution is 5.52. The average molecular weight is 247 g/mol. The highest BCUT2D eigenvalue weighted by atomic mass is 15.2. The van der Waals surface area contributed by atoms with E-state index >= 15 is 0 Å². The normalized spacial score (nSPS) is 19.8. The molecule has 3 heteroatoms. The van der Waals surface area contributed by atoms with E-state index in [2.05, 4.69) is 42.0 Å². The van der Waals surface area contributed by atoms with Crippen LogP contribution in [0.2, 0.25) is 0 Å². The van der Waals surface area contributed by atoms with Crippen molar-refractivity contribution in [2.45, 2.75) is 46.2 Å². The third-order valence-corrected chi connectivity index (χ3v) is 3.79. The van der Waals surface area contributed by atoms with Crippen LogP contribution in [0, 0.1) is 5.92 Å². The van der Waals surface area contributed by atoms with E-state index in [1.165, 1.54) is 37.2 Å². The molecule has 0 amide bonds. The Kier molecular flexibility index (Phi) is 4.59. The second kappa shape index (κ2) is 6.19. The van der Waals surface area contributed by atoms with Crippen molar-refractivity contribution in [1.29, 1.82) is 0 Å². The van der Waals surface area contributed by atoms with Gasteiger partial charge in [-0.2, -0.15) is 0 Å². The largest absolute Gasteiger partial charge is 0.370 e. The fourth-order valence-electron chi connectivity index (χ4n) is 2.55. The van der Waals surface area contributed by atoms with Gasteiger partial charge in [-0.25, -0.2) is 0 Å². The van der Waals surface area contributed by atoms with E-state index in [-0.39, 0.29) is 0 Å². The summed E-state index contributed by atoms with van der Waals surface area (Å²) >= 11 is 0. The molecule has 1 unspecified atom stereocenters.